The number of rotatable bonds is 4. The molecule has 0 saturated carbocycles. The predicted molar refractivity (Wildman–Crippen MR) is 106 cm³/mol. The van der Waals surface area contributed by atoms with E-state index in [1.807, 2.05) is 0 Å². The zero-order valence-electron chi connectivity index (χ0n) is 15.7. The van der Waals surface area contributed by atoms with Crippen molar-refractivity contribution in [3.8, 4) is 22.5 Å². The van der Waals surface area contributed by atoms with E-state index in [0.29, 0.717) is 29.3 Å². The van der Waals surface area contributed by atoms with Gasteiger partial charge in [-0.25, -0.2) is 18.6 Å². The Bertz CT molecular complexity index is 1310. The molecule has 0 spiro atoms. The Morgan fingerprint density at radius 1 is 1.23 bits per heavy atom. The molecule has 1 N–H and O–H groups in total. The third kappa shape index (κ3) is 3.42. The van der Waals surface area contributed by atoms with Gasteiger partial charge in [-0.1, -0.05) is 17.7 Å². The van der Waals surface area contributed by atoms with Gasteiger partial charge < -0.3 is 4.42 Å². The first kappa shape index (κ1) is 19.3. The predicted octanol–water partition coefficient (Wildman–Crippen LogP) is 3.69. The average Bonchev–Trinajstić information content (AvgIpc) is 3.38. The summed E-state index contributed by atoms with van der Waals surface area (Å²) in [7, 11) is 0. The normalized spacial score (nSPS) is 15.1. The number of anilines is 1. The first-order valence-electron chi connectivity index (χ1n) is 9.24. The quantitative estimate of drug-likeness (QED) is 0.487. The van der Waals surface area contributed by atoms with Gasteiger partial charge >= 0.3 is 11.7 Å². The molecule has 4 heterocycles. The first-order valence-corrected chi connectivity index (χ1v) is 9.62. The molecule has 1 unspecified atom stereocenters. The highest BCUT2D eigenvalue weighted by atomic mass is 35.5. The zero-order chi connectivity index (χ0) is 21.5. The van der Waals surface area contributed by atoms with Crippen molar-refractivity contribution >= 4 is 23.3 Å². The van der Waals surface area contributed by atoms with Crippen molar-refractivity contribution in [2.75, 3.05) is 5.32 Å². The summed E-state index contributed by atoms with van der Waals surface area (Å²) in [6, 6.07) is 8.16. The summed E-state index contributed by atoms with van der Waals surface area (Å²) in [5.41, 5.74) is 0.763. The number of benzene rings is 1. The standard InChI is InChI=1S/C21H12ClF2N5O2/c22-17-7-11(9-25-28-17)19-20-27-15(8-12-3-2-6-31-12)21(30)29(20)10-16(26-19)13-4-1-5-14(23)18(13)24/h1-7,9-10,15H,8H2/p+1. The van der Waals surface area contributed by atoms with Gasteiger partial charge in [0.15, 0.2) is 22.5 Å². The Kier molecular flexibility index (Phi) is 4.67. The van der Waals surface area contributed by atoms with E-state index in [9.17, 15) is 13.6 Å². The van der Waals surface area contributed by atoms with Crippen molar-refractivity contribution in [2.24, 2.45) is 0 Å². The molecule has 0 bridgehead atoms. The van der Waals surface area contributed by atoms with E-state index < -0.39 is 17.7 Å². The van der Waals surface area contributed by atoms with Crippen molar-refractivity contribution < 1.29 is 22.6 Å². The molecule has 1 atom stereocenters. The van der Waals surface area contributed by atoms with Crippen LogP contribution in [0.2, 0.25) is 5.15 Å². The zero-order valence-corrected chi connectivity index (χ0v) is 16.5. The van der Waals surface area contributed by atoms with E-state index in [2.05, 4.69) is 20.5 Å². The highest BCUT2D eigenvalue weighted by Crippen LogP contribution is 2.31. The van der Waals surface area contributed by atoms with Gasteiger partial charge in [0.2, 0.25) is 6.04 Å². The average molecular weight is 441 g/mol. The molecule has 0 amide bonds. The third-order valence-corrected chi connectivity index (χ3v) is 5.09. The second-order valence-corrected chi connectivity index (χ2v) is 7.27. The topological polar surface area (TPSA) is 84.8 Å². The lowest BCUT2D eigenvalue weighted by Crippen LogP contribution is -2.44. The van der Waals surface area contributed by atoms with Gasteiger partial charge in [-0.2, -0.15) is 9.67 Å². The number of hydrogen-bond donors (Lipinski definition) is 1. The fourth-order valence-corrected chi connectivity index (χ4v) is 3.64. The third-order valence-electron chi connectivity index (χ3n) is 4.91. The molecule has 4 aromatic rings. The lowest BCUT2D eigenvalue weighted by atomic mass is 10.1. The van der Waals surface area contributed by atoms with Crippen LogP contribution >= 0.6 is 11.6 Å². The van der Waals surface area contributed by atoms with Gasteiger partial charge in [-0.05, 0) is 30.3 Å². The Morgan fingerprint density at radius 3 is 2.87 bits per heavy atom. The van der Waals surface area contributed by atoms with Crippen LogP contribution in [0.15, 0.2) is 59.5 Å². The van der Waals surface area contributed by atoms with Crippen LogP contribution in [0, 0.1) is 11.6 Å². The summed E-state index contributed by atoms with van der Waals surface area (Å²) in [5.74, 6) is -1.36. The maximum Gasteiger partial charge on any atom is 0.359 e. The number of nitrogens with one attached hydrogen (secondary N) is 1. The molecule has 3 aromatic heterocycles. The molecule has 10 heteroatoms. The summed E-state index contributed by atoms with van der Waals surface area (Å²) in [6.45, 7) is 0. The number of carbonyl (C=O) groups is 1. The van der Waals surface area contributed by atoms with Gasteiger partial charge in [0.05, 0.1) is 18.9 Å². The van der Waals surface area contributed by atoms with Crippen molar-refractivity contribution in [2.45, 2.75) is 12.5 Å². The minimum absolute atomic E-state index is 0.0769. The number of carbonyl (C=O) groups excluding carboxylic acids is 1. The van der Waals surface area contributed by atoms with E-state index in [0.717, 1.165) is 6.07 Å². The van der Waals surface area contributed by atoms with E-state index in [4.69, 9.17) is 16.0 Å². The summed E-state index contributed by atoms with van der Waals surface area (Å²) in [6.07, 6.45) is 4.63. The molecule has 31 heavy (non-hydrogen) atoms. The summed E-state index contributed by atoms with van der Waals surface area (Å²) in [4.78, 5) is 17.6. The Hall–Kier alpha value is -3.72. The number of fused-ring (bicyclic) bond motifs is 1. The molecule has 0 saturated heterocycles. The number of aromatic nitrogens is 4. The van der Waals surface area contributed by atoms with Crippen LogP contribution < -0.4 is 9.88 Å². The maximum atomic E-state index is 14.5. The number of nitrogens with zero attached hydrogens (tertiary/aromatic N) is 4. The summed E-state index contributed by atoms with van der Waals surface area (Å²) >= 11 is 5.98. The SMILES string of the molecule is O=C1C(Cc2ccco2)Nc2c(-c3cnnc(Cl)c3)nc(-c3cccc(F)c3F)c[n+]21. The minimum atomic E-state index is -1.06. The van der Waals surface area contributed by atoms with Gasteiger partial charge in [-0.3, -0.25) is 5.32 Å². The smallest absolute Gasteiger partial charge is 0.359 e. The van der Waals surface area contributed by atoms with Crippen LogP contribution in [0.5, 0.6) is 0 Å². The van der Waals surface area contributed by atoms with Crippen LogP contribution in [0.4, 0.5) is 14.6 Å². The van der Waals surface area contributed by atoms with Crippen LogP contribution in [-0.2, 0) is 6.42 Å². The monoisotopic (exact) mass is 440 g/mol. The minimum Gasteiger partial charge on any atom is -0.469 e. The van der Waals surface area contributed by atoms with E-state index in [-0.39, 0.29) is 22.3 Å². The van der Waals surface area contributed by atoms with Gasteiger partial charge in [0.25, 0.3) is 0 Å². The Balaban J connectivity index is 1.67. The molecule has 0 radical (unpaired) electrons. The van der Waals surface area contributed by atoms with Crippen LogP contribution in [-0.4, -0.2) is 27.1 Å². The fourth-order valence-electron chi connectivity index (χ4n) is 3.48. The second kappa shape index (κ2) is 7.51. The second-order valence-electron chi connectivity index (χ2n) is 6.88. The van der Waals surface area contributed by atoms with Gasteiger partial charge in [0.1, 0.15) is 17.7 Å². The highest BCUT2D eigenvalue weighted by Gasteiger charge is 2.42. The molecule has 1 aliphatic heterocycles. The molecule has 7 nitrogen and oxygen atoms in total. The van der Waals surface area contributed by atoms with E-state index in [1.54, 1.807) is 12.1 Å². The Morgan fingerprint density at radius 2 is 2.10 bits per heavy atom. The summed E-state index contributed by atoms with van der Waals surface area (Å²) < 4.78 is 35.0. The molecule has 154 valence electrons. The first-order chi connectivity index (χ1) is 15.0. The van der Waals surface area contributed by atoms with Crippen molar-refractivity contribution in [1.82, 2.24) is 15.2 Å². The van der Waals surface area contributed by atoms with Crippen LogP contribution in [0.1, 0.15) is 10.6 Å². The van der Waals surface area contributed by atoms with Crippen LogP contribution in [0.3, 0.4) is 0 Å². The molecule has 1 aliphatic rings. The molecule has 5 rings (SSSR count). The molecule has 0 fully saturated rings. The molecule has 1 aromatic carbocycles. The van der Waals surface area contributed by atoms with E-state index in [1.165, 1.54) is 41.4 Å². The van der Waals surface area contributed by atoms with Gasteiger partial charge in [0, 0.05) is 11.1 Å². The van der Waals surface area contributed by atoms with Crippen molar-refractivity contribution in [1.29, 1.82) is 0 Å². The largest absolute Gasteiger partial charge is 0.469 e. The fraction of sp³-hybridized carbons (Fsp3) is 0.0952. The molecular weight excluding hydrogens is 428 g/mol. The van der Waals surface area contributed by atoms with Crippen molar-refractivity contribution in [3.63, 3.8) is 0 Å². The number of hydrogen-bond acceptors (Lipinski definition) is 6. The molecule has 0 aliphatic carbocycles. The number of furan rings is 1. The lowest BCUT2D eigenvalue weighted by Gasteiger charge is -2.08. The van der Waals surface area contributed by atoms with E-state index >= 15 is 0 Å². The van der Waals surface area contributed by atoms with Crippen LogP contribution in [0.25, 0.3) is 22.5 Å². The van der Waals surface area contributed by atoms with Gasteiger partial charge in [-0.15, -0.1) is 5.10 Å². The molecular formula is C21H13ClF2N5O2+. The van der Waals surface area contributed by atoms with Crippen molar-refractivity contribution in [3.05, 3.63) is 77.6 Å². The highest BCUT2D eigenvalue weighted by molar-refractivity contribution is 6.29. The Labute approximate surface area is 179 Å². The summed E-state index contributed by atoms with van der Waals surface area (Å²) in [5, 5.41) is 10.8. The number of halogens is 3. The maximum absolute atomic E-state index is 14.5. The lowest BCUT2D eigenvalue weighted by molar-refractivity contribution is -0.551.